The van der Waals surface area contributed by atoms with Crippen molar-refractivity contribution < 1.29 is 4.79 Å². The lowest BCUT2D eigenvalue weighted by Gasteiger charge is -2.06. The topological polar surface area (TPSA) is 29.1 Å². The highest BCUT2D eigenvalue weighted by atomic mass is 35.5. The Hall–Kier alpha value is -0.540. The highest BCUT2D eigenvalue weighted by Crippen LogP contribution is 2.21. The fourth-order valence-corrected chi connectivity index (χ4v) is 1.83. The second-order valence-corrected chi connectivity index (χ2v) is 4.05. The number of nitrogens with one attached hydrogen (secondary N) is 1. The third-order valence-electron chi connectivity index (χ3n) is 1.24. The zero-order valence-corrected chi connectivity index (χ0v) is 8.50. The summed E-state index contributed by atoms with van der Waals surface area (Å²) in [6.45, 7) is 3.83. The summed E-state index contributed by atoms with van der Waals surface area (Å²) >= 11 is 7.12. The van der Waals surface area contributed by atoms with Crippen LogP contribution in [0.5, 0.6) is 0 Å². The van der Waals surface area contributed by atoms with Gasteiger partial charge in [0.1, 0.15) is 4.88 Å². The van der Waals surface area contributed by atoms with Gasteiger partial charge in [-0.2, -0.15) is 0 Å². The summed E-state index contributed by atoms with van der Waals surface area (Å²) in [7, 11) is 0. The first-order valence-electron chi connectivity index (χ1n) is 3.65. The quantitative estimate of drug-likeness (QED) is 0.787. The molecule has 0 radical (unpaired) electrons. The Balaban J connectivity index is 2.72. The van der Waals surface area contributed by atoms with Gasteiger partial charge in [0, 0.05) is 6.04 Å². The maximum Gasteiger partial charge on any atom is 0.263 e. The molecule has 66 valence electrons. The molecule has 0 bridgehead atoms. The minimum absolute atomic E-state index is 0.0926. The van der Waals surface area contributed by atoms with E-state index < -0.39 is 0 Å². The Bertz CT molecular complexity index is 282. The highest BCUT2D eigenvalue weighted by Gasteiger charge is 2.11. The van der Waals surface area contributed by atoms with Gasteiger partial charge < -0.3 is 5.32 Å². The molecule has 0 saturated carbocycles. The van der Waals surface area contributed by atoms with E-state index in [2.05, 4.69) is 5.32 Å². The van der Waals surface area contributed by atoms with Crippen molar-refractivity contribution in [3.63, 3.8) is 0 Å². The number of thiophene rings is 1. The predicted octanol–water partition coefficient (Wildman–Crippen LogP) is 2.54. The van der Waals surface area contributed by atoms with Gasteiger partial charge in [-0.3, -0.25) is 4.79 Å². The van der Waals surface area contributed by atoms with E-state index in [0.29, 0.717) is 9.90 Å². The van der Waals surface area contributed by atoms with Gasteiger partial charge in [0.25, 0.3) is 5.91 Å². The van der Waals surface area contributed by atoms with Crippen LogP contribution in [-0.4, -0.2) is 11.9 Å². The molecule has 0 aromatic carbocycles. The molecule has 1 heterocycles. The van der Waals surface area contributed by atoms with E-state index in [4.69, 9.17) is 11.6 Å². The molecule has 0 aliphatic heterocycles. The Morgan fingerprint density at radius 2 is 2.33 bits per heavy atom. The van der Waals surface area contributed by atoms with E-state index in [-0.39, 0.29) is 11.9 Å². The predicted molar refractivity (Wildman–Crippen MR) is 51.9 cm³/mol. The molecule has 12 heavy (non-hydrogen) atoms. The molecule has 0 spiro atoms. The fraction of sp³-hybridized carbons (Fsp3) is 0.375. The molecule has 1 N–H and O–H groups in total. The molecular formula is C8H10ClNOS. The van der Waals surface area contributed by atoms with Crippen LogP contribution in [0, 0.1) is 0 Å². The first-order chi connectivity index (χ1) is 5.61. The molecule has 1 rings (SSSR count). The zero-order chi connectivity index (χ0) is 9.14. The van der Waals surface area contributed by atoms with Crippen molar-refractivity contribution in [1.29, 1.82) is 0 Å². The number of amides is 1. The highest BCUT2D eigenvalue weighted by molar-refractivity contribution is 7.12. The van der Waals surface area contributed by atoms with Crippen LogP contribution in [-0.2, 0) is 0 Å². The summed E-state index contributed by atoms with van der Waals surface area (Å²) in [5.74, 6) is -0.0926. The van der Waals surface area contributed by atoms with Crippen molar-refractivity contribution in [2.75, 3.05) is 0 Å². The summed E-state index contributed by atoms with van der Waals surface area (Å²) in [6.07, 6.45) is 0. The SMILES string of the molecule is CC(C)NC(=O)c1sccc1Cl. The van der Waals surface area contributed by atoms with Crippen molar-refractivity contribution in [2.24, 2.45) is 0 Å². The van der Waals surface area contributed by atoms with Crippen LogP contribution in [0.25, 0.3) is 0 Å². The van der Waals surface area contributed by atoms with E-state index in [1.54, 1.807) is 11.4 Å². The van der Waals surface area contributed by atoms with Crippen molar-refractivity contribution in [3.05, 3.63) is 21.3 Å². The summed E-state index contributed by atoms with van der Waals surface area (Å²) < 4.78 is 0. The van der Waals surface area contributed by atoms with Crippen molar-refractivity contribution in [2.45, 2.75) is 19.9 Å². The minimum Gasteiger partial charge on any atom is -0.349 e. The van der Waals surface area contributed by atoms with Gasteiger partial charge in [0.2, 0.25) is 0 Å². The lowest BCUT2D eigenvalue weighted by molar-refractivity contribution is 0.0947. The molecule has 0 fully saturated rings. The van der Waals surface area contributed by atoms with Crippen LogP contribution >= 0.6 is 22.9 Å². The average Bonchev–Trinajstić information content (AvgIpc) is 2.33. The number of halogens is 1. The average molecular weight is 204 g/mol. The van der Waals surface area contributed by atoms with Crippen LogP contribution in [0.4, 0.5) is 0 Å². The van der Waals surface area contributed by atoms with Crippen molar-refractivity contribution >= 4 is 28.8 Å². The van der Waals surface area contributed by atoms with E-state index in [1.807, 2.05) is 13.8 Å². The second kappa shape index (κ2) is 3.92. The maximum absolute atomic E-state index is 11.4. The summed E-state index contributed by atoms with van der Waals surface area (Å²) in [4.78, 5) is 11.9. The number of carbonyl (C=O) groups is 1. The van der Waals surface area contributed by atoms with Gasteiger partial charge in [-0.15, -0.1) is 11.3 Å². The van der Waals surface area contributed by atoms with Crippen LogP contribution in [0.2, 0.25) is 5.02 Å². The normalized spacial score (nSPS) is 10.3. The largest absolute Gasteiger partial charge is 0.349 e. The first kappa shape index (κ1) is 9.55. The molecule has 2 nitrogen and oxygen atoms in total. The van der Waals surface area contributed by atoms with Gasteiger partial charge in [-0.25, -0.2) is 0 Å². The third kappa shape index (κ3) is 2.22. The van der Waals surface area contributed by atoms with E-state index in [9.17, 15) is 4.79 Å². The number of hydrogen-bond donors (Lipinski definition) is 1. The summed E-state index contributed by atoms with van der Waals surface area (Å²) in [6, 6.07) is 1.87. The van der Waals surface area contributed by atoms with E-state index in [0.717, 1.165) is 0 Å². The summed E-state index contributed by atoms with van der Waals surface area (Å²) in [5, 5.41) is 5.10. The van der Waals surface area contributed by atoms with E-state index in [1.165, 1.54) is 11.3 Å². The lowest BCUT2D eigenvalue weighted by atomic mass is 10.3. The van der Waals surface area contributed by atoms with Crippen LogP contribution in [0.1, 0.15) is 23.5 Å². The monoisotopic (exact) mass is 203 g/mol. The molecule has 0 saturated heterocycles. The molecule has 4 heteroatoms. The molecule has 1 aromatic rings. The molecule has 0 aliphatic rings. The van der Waals surface area contributed by atoms with Crippen LogP contribution < -0.4 is 5.32 Å². The summed E-state index contributed by atoms with van der Waals surface area (Å²) in [5.41, 5.74) is 0. The Morgan fingerprint density at radius 1 is 1.67 bits per heavy atom. The lowest BCUT2D eigenvalue weighted by Crippen LogP contribution is -2.29. The first-order valence-corrected chi connectivity index (χ1v) is 4.91. The van der Waals surface area contributed by atoms with Crippen molar-refractivity contribution in [1.82, 2.24) is 5.32 Å². The van der Waals surface area contributed by atoms with Gasteiger partial charge in [0.15, 0.2) is 0 Å². The van der Waals surface area contributed by atoms with Gasteiger partial charge in [0.05, 0.1) is 5.02 Å². The molecule has 0 aliphatic carbocycles. The number of rotatable bonds is 2. The second-order valence-electron chi connectivity index (χ2n) is 2.73. The van der Waals surface area contributed by atoms with Crippen LogP contribution in [0.3, 0.4) is 0 Å². The molecular weight excluding hydrogens is 194 g/mol. The zero-order valence-electron chi connectivity index (χ0n) is 6.93. The molecule has 1 aromatic heterocycles. The van der Waals surface area contributed by atoms with Crippen molar-refractivity contribution in [3.8, 4) is 0 Å². The molecule has 0 atom stereocenters. The molecule has 0 unspecified atom stereocenters. The number of carbonyl (C=O) groups excluding carboxylic acids is 1. The number of hydrogen-bond acceptors (Lipinski definition) is 2. The Labute approximate surface area is 80.5 Å². The smallest absolute Gasteiger partial charge is 0.263 e. The standard InChI is InChI=1S/C8H10ClNOS/c1-5(2)10-8(11)7-6(9)3-4-12-7/h3-5H,1-2H3,(H,10,11). The Kier molecular flexibility index (Phi) is 3.12. The Morgan fingerprint density at radius 3 is 2.75 bits per heavy atom. The maximum atomic E-state index is 11.4. The van der Waals surface area contributed by atoms with Gasteiger partial charge in [-0.1, -0.05) is 11.6 Å². The molecule has 1 amide bonds. The third-order valence-corrected chi connectivity index (χ3v) is 2.58. The fourth-order valence-electron chi connectivity index (χ4n) is 0.783. The van der Waals surface area contributed by atoms with Gasteiger partial charge in [-0.05, 0) is 25.3 Å². The van der Waals surface area contributed by atoms with Crippen LogP contribution in [0.15, 0.2) is 11.4 Å². The minimum atomic E-state index is -0.0926. The van der Waals surface area contributed by atoms with E-state index >= 15 is 0 Å². The van der Waals surface area contributed by atoms with Gasteiger partial charge >= 0.3 is 0 Å².